The van der Waals surface area contributed by atoms with E-state index in [0.717, 1.165) is 6.07 Å². The van der Waals surface area contributed by atoms with E-state index in [1.165, 1.54) is 12.1 Å². The molecule has 1 aromatic heterocycles. The Morgan fingerprint density at radius 2 is 1.86 bits per heavy atom. The number of nitrogen functional groups attached to an aromatic ring is 1. The van der Waals surface area contributed by atoms with Gasteiger partial charge in [-0.15, -0.1) is 0 Å². The summed E-state index contributed by atoms with van der Waals surface area (Å²) in [5.41, 5.74) is 6.07. The summed E-state index contributed by atoms with van der Waals surface area (Å²) in [6.45, 7) is 2.59. The summed E-state index contributed by atoms with van der Waals surface area (Å²) in [6, 6.07) is 3.51. The van der Waals surface area contributed by atoms with Gasteiger partial charge in [-0.2, -0.15) is 15.0 Å². The average molecular weight is 295 g/mol. The van der Waals surface area contributed by atoms with Gasteiger partial charge in [0.25, 0.3) is 0 Å². The maximum atomic E-state index is 13.0. The molecule has 0 spiro atoms. The number of nitrogens with one attached hydrogen (secondary N) is 1. The molecule has 3 N–H and O–H groups in total. The molecule has 0 aliphatic heterocycles. The standard InChI is InChI=1S/C13H15F2N5O/c1-2-21-13-19-11(16)18-12(20-13)17-4-3-8-5-9(14)7-10(15)6-8/h5-7H,2-4H2,1H3,(H3,16,17,18,19,20). The predicted molar refractivity (Wildman–Crippen MR) is 74.0 cm³/mol. The zero-order valence-electron chi connectivity index (χ0n) is 11.4. The van der Waals surface area contributed by atoms with Crippen LogP contribution < -0.4 is 15.8 Å². The molecule has 6 nitrogen and oxygen atoms in total. The number of hydrogen-bond acceptors (Lipinski definition) is 6. The lowest BCUT2D eigenvalue weighted by atomic mass is 10.1. The highest BCUT2D eigenvalue weighted by molar-refractivity contribution is 5.33. The van der Waals surface area contributed by atoms with Gasteiger partial charge in [-0.3, -0.25) is 0 Å². The number of rotatable bonds is 6. The van der Waals surface area contributed by atoms with Crippen molar-refractivity contribution >= 4 is 11.9 Å². The molecule has 0 aliphatic rings. The van der Waals surface area contributed by atoms with Crippen LogP contribution in [0.5, 0.6) is 6.01 Å². The number of aromatic nitrogens is 3. The lowest BCUT2D eigenvalue weighted by molar-refractivity contribution is 0.312. The molecule has 0 fully saturated rings. The van der Waals surface area contributed by atoms with Gasteiger partial charge in [-0.1, -0.05) is 0 Å². The smallest absolute Gasteiger partial charge is 0.323 e. The molecule has 0 aliphatic carbocycles. The zero-order valence-corrected chi connectivity index (χ0v) is 11.4. The Labute approximate surface area is 120 Å². The minimum atomic E-state index is -0.604. The van der Waals surface area contributed by atoms with Gasteiger partial charge in [0.05, 0.1) is 6.61 Å². The molecule has 21 heavy (non-hydrogen) atoms. The number of hydrogen-bond donors (Lipinski definition) is 2. The zero-order chi connectivity index (χ0) is 15.2. The summed E-state index contributed by atoms with van der Waals surface area (Å²) in [5.74, 6) is -0.920. The van der Waals surface area contributed by atoms with Crippen LogP contribution in [0.3, 0.4) is 0 Å². The molecule has 112 valence electrons. The van der Waals surface area contributed by atoms with Crippen molar-refractivity contribution in [3.63, 3.8) is 0 Å². The van der Waals surface area contributed by atoms with E-state index in [4.69, 9.17) is 10.5 Å². The predicted octanol–water partition coefficient (Wildman–Crippen LogP) is 1.79. The van der Waals surface area contributed by atoms with Gasteiger partial charge in [-0.25, -0.2) is 8.78 Å². The third kappa shape index (κ3) is 4.51. The van der Waals surface area contributed by atoms with E-state index in [1.807, 2.05) is 0 Å². The molecule has 0 unspecified atom stereocenters. The molecule has 2 aromatic rings. The van der Waals surface area contributed by atoms with Crippen molar-refractivity contribution in [3.8, 4) is 6.01 Å². The summed E-state index contributed by atoms with van der Waals surface area (Å²) < 4.78 is 31.2. The molecule has 0 bridgehead atoms. The Kier molecular flexibility index (Phi) is 4.81. The van der Waals surface area contributed by atoms with Crippen molar-refractivity contribution in [2.75, 3.05) is 24.2 Å². The first-order valence-corrected chi connectivity index (χ1v) is 6.40. The van der Waals surface area contributed by atoms with Crippen LogP contribution in [0.25, 0.3) is 0 Å². The number of ether oxygens (including phenoxy) is 1. The van der Waals surface area contributed by atoms with E-state index in [-0.39, 0.29) is 17.9 Å². The molecule has 0 saturated heterocycles. The van der Waals surface area contributed by atoms with E-state index >= 15 is 0 Å². The Morgan fingerprint density at radius 1 is 1.14 bits per heavy atom. The highest BCUT2D eigenvalue weighted by Crippen LogP contribution is 2.11. The lowest BCUT2D eigenvalue weighted by Gasteiger charge is -2.07. The Morgan fingerprint density at radius 3 is 2.52 bits per heavy atom. The number of halogens is 2. The van der Waals surface area contributed by atoms with Crippen LogP contribution in [0.2, 0.25) is 0 Å². The highest BCUT2D eigenvalue weighted by atomic mass is 19.1. The molecular weight excluding hydrogens is 280 g/mol. The number of benzene rings is 1. The maximum absolute atomic E-state index is 13.0. The largest absolute Gasteiger partial charge is 0.464 e. The molecule has 8 heteroatoms. The van der Waals surface area contributed by atoms with E-state index in [0.29, 0.717) is 25.1 Å². The van der Waals surface area contributed by atoms with E-state index < -0.39 is 11.6 Å². The molecule has 0 amide bonds. The first kappa shape index (κ1) is 14.9. The lowest BCUT2D eigenvalue weighted by Crippen LogP contribution is -2.11. The fourth-order valence-electron chi connectivity index (χ4n) is 1.72. The number of nitrogens with zero attached hydrogens (tertiary/aromatic N) is 3. The third-order valence-corrected chi connectivity index (χ3v) is 2.52. The van der Waals surface area contributed by atoms with E-state index in [1.54, 1.807) is 6.92 Å². The van der Waals surface area contributed by atoms with Crippen molar-refractivity contribution in [2.24, 2.45) is 0 Å². The Bertz CT molecular complexity index is 603. The van der Waals surface area contributed by atoms with E-state index in [2.05, 4.69) is 20.3 Å². The van der Waals surface area contributed by atoms with E-state index in [9.17, 15) is 8.78 Å². The average Bonchev–Trinajstić information content (AvgIpc) is 2.37. The van der Waals surface area contributed by atoms with Crippen molar-refractivity contribution in [2.45, 2.75) is 13.3 Å². The summed E-state index contributed by atoms with van der Waals surface area (Å²) >= 11 is 0. The highest BCUT2D eigenvalue weighted by Gasteiger charge is 2.05. The van der Waals surface area contributed by atoms with Crippen LogP contribution in [0.1, 0.15) is 12.5 Å². The quantitative estimate of drug-likeness (QED) is 0.845. The molecule has 0 atom stereocenters. The maximum Gasteiger partial charge on any atom is 0.323 e. The van der Waals surface area contributed by atoms with Crippen molar-refractivity contribution in [1.82, 2.24) is 15.0 Å². The Hall–Kier alpha value is -2.51. The first-order valence-electron chi connectivity index (χ1n) is 6.40. The van der Waals surface area contributed by atoms with Gasteiger partial charge in [0.2, 0.25) is 11.9 Å². The summed E-state index contributed by atoms with van der Waals surface area (Å²) in [7, 11) is 0. The summed E-state index contributed by atoms with van der Waals surface area (Å²) in [5, 5.41) is 2.90. The van der Waals surface area contributed by atoms with Crippen molar-refractivity contribution < 1.29 is 13.5 Å². The molecule has 2 rings (SSSR count). The summed E-state index contributed by atoms with van der Waals surface area (Å²) in [6.07, 6.45) is 0.407. The number of anilines is 2. The number of nitrogens with two attached hydrogens (primary N) is 1. The Balaban J connectivity index is 1.96. The van der Waals surface area contributed by atoms with Gasteiger partial charge in [-0.05, 0) is 31.0 Å². The molecule has 0 saturated carbocycles. The van der Waals surface area contributed by atoms with Gasteiger partial charge < -0.3 is 15.8 Å². The van der Waals surface area contributed by atoms with Crippen LogP contribution >= 0.6 is 0 Å². The van der Waals surface area contributed by atoms with Gasteiger partial charge in [0, 0.05) is 12.6 Å². The second kappa shape index (κ2) is 6.78. The van der Waals surface area contributed by atoms with Crippen molar-refractivity contribution in [1.29, 1.82) is 0 Å². The van der Waals surface area contributed by atoms with Gasteiger partial charge >= 0.3 is 6.01 Å². The SMILES string of the molecule is CCOc1nc(N)nc(NCCc2cc(F)cc(F)c2)n1. The normalized spacial score (nSPS) is 10.4. The molecule has 0 radical (unpaired) electrons. The van der Waals surface area contributed by atoms with Crippen molar-refractivity contribution in [3.05, 3.63) is 35.4 Å². The second-order valence-corrected chi connectivity index (χ2v) is 4.19. The molecule has 1 aromatic carbocycles. The fourth-order valence-corrected chi connectivity index (χ4v) is 1.72. The third-order valence-electron chi connectivity index (χ3n) is 2.52. The minimum absolute atomic E-state index is 0.0350. The van der Waals surface area contributed by atoms with Gasteiger partial charge in [0.15, 0.2) is 0 Å². The van der Waals surface area contributed by atoms with Crippen LogP contribution in [0, 0.1) is 11.6 Å². The first-order chi connectivity index (χ1) is 10.1. The molecule has 1 heterocycles. The second-order valence-electron chi connectivity index (χ2n) is 4.19. The summed E-state index contributed by atoms with van der Waals surface area (Å²) in [4.78, 5) is 11.7. The van der Waals surface area contributed by atoms with Crippen LogP contribution in [0.15, 0.2) is 18.2 Å². The van der Waals surface area contributed by atoms with Crippen LogP contribution in [-0.4, -0.2) is 28.1 Å². The van der Waals surface area contributed by atoms with Crippen LogP contribution in [0.4, 0.5) is 20.7 Å². The van der Waals surface area contributed by atoms with Crippen LogP contribution in [-0.2, 0) is 6.42 Å². The molecular formula is C13H15F2N5O. The van der Waals surface area contributed by atoms with Gasteiger partial charge in [0.1, 0.15) is 11.6 Å². The minimum Gasteiger partial charge on any atom is -0.464 e. The fraction of sp³-hybridized carbons (Fsp3) is 0.308. The monoisotopic (exact) mass is 295 g/mol. The topological polar surface area (TPSA) is 86.0 Å².